The van der Waals surface area contributed by atoms with Crippen molar-refractivity contribution in [3.05, 3.63) is 99.9 Å². The average molecular weight is 359 g/mol. The van der Waals surface area contributed by atoms with E-state index in [4.69, 9.17) is 0 Å². The van der Waals surface area contributed by atoms with E-state index in [1.807, 2.05) is 49.4 Å². The number of pyridine rings is 1. The number of non-ortho nitro benzene ring substituents is 1. The van der Waals surface area contributed by atoms with Crippen LogP contribution in [0.15, 0.2) is 83.0 Å². The van der Waals surface area contributed by atoms with Gasteiger partial charge >= 0.3 is 0 Å². The van der Waals surface area contributed by atoms with Gasteiger partial charge < -0.3 is 0 Å². The molecule has 3 rings (SSSR count). The van der Waals surface area contributed by atoms with Crippen LogP contribution >= 0.6 is 0 Å². The zero-order chi connectivity index (χ0) is 19.1. The Hall–Kier alpha value is -3.87. The maximum Gasteiger partial charge on any atom is 0.269 e. The van der Waals surface area contributed by atoms with Gasteiger partial charge in [0.2, 0.25) is 0 Å². The Morgan fingerprint density at radius 1 is 1.07 bits per heavy atom. The number of hydrogen-bond donors (Lipinski definition) is 1. The first-order chi connectivity index (χ1) is 13.1. The average Bonchev–Trinajstić information content (AvgIpc) is 2.70. The first kappa shape index (κ1) is 17.9. The molecule has 134 valence electrons. The maximum atomic E-state index is 10.7. The van der Waals surface area contributed by atoms with E-state index in [9.17, 15) is 10.1 Å². The summed E-state index contributed by atoms with van der Waals surface area (Å²) >= 11 is 0. The number of benzene rings is 2. The second kappa shape index (κ2) is 8.48. The normalized spacial score (nSPS) is 11.5. The molecule has 0 saturated carbocycles. The van der Waals surface area contributed by atoms with E-state index in [1.54, 1.807) is 24.5 Å². The number of aliphatic imine (C=N–C) groups is 1. The third-order valence-corrected chi connectivity index (χ3v) is 3.74. The molecule has 0 aliphatic carbocycles. The van der Waals surface area contributed by atoms with Gasteiger partial charge in [-0.3, -0.25) is 20.5 Å². The molecule has 0 amide bonds. The molecule has 0 aliphatic rings. The number of nitrogens with zero attached hydrogens (tertiary/aromatic N) is 4. The van der Waals surface area contributed by atoms with Gasteiger partial charge in [0.15, 0.2) is 5.84 Å². The quantitative estimate of drug-likeness (QED) is 0.322. The first-order valence-corrected chi connectivity index (χ1v) is 8.23. The number of rotatable bonds is 5. The van der Waals surface area contributed by atoms with E-state index in [0.29, 0.717) is 11.5 Å². The molecule has 0 bridgehead atoms. The predicted octanol–water partition coefficient (Wildman–Crippen LogP) is 4.00. The van der Waals surface area contributed by atoms with Crippen LogP contribution in [0, 0.1) is 17.0 Å². The summed E-state index contributed by atoms with van der Waals surface area (Å²) in [4.78, 5) is 19.2. The molecule has 0 unspecified atom stereocenters. The van der Waals surface area contributed by atoms with E-state index in [2.05, 4.69) is 20.5 Å². The van der Waals surface area contributed by atoms with Crippen LogP contribution in [-0.2, 0) is 0 Å². The van der Waals surface area contributed by atoms with Crippen molar-refractivity contribution in [1.29, 1.82) is 0 Å². The lowest BCUT2D eigenvalue weighted by Gasteiger charge is -2.06. The smallest absolute Gasteiger partial charge is 0.260 e. The highest BCUT2D eigenvalue weighted by Gasteiger charge is 2.06. The summed E-state index contributed by atoms with van der Waals surface area (Å²) in [6, 6.07) is 19.4. The topological polar surface area (TPSA) is 92.8 Å². The van der Waals surface area contributed by atoms with Gasteiger partial charge in [-0.05, 0) is 48.4 Å². The molecular weight excluding hydrogens is 342 g/mol. The molecule has 0 fully saturated rings. The van der Waals surface area contributed by atoms with Crippen molar-refractivity contribution in [2.24, 2.45) is 10.1 Å². The fourth-order valence-corrected chi connectivity index (χ4v) is 2.30. The molecule has 2 aromatic carbocycles. The number of hydrazone groups is 1. The summed E-state index contributed by atoms with van der Waals surface area (Å²) in [7, 11) is 0. The Labute approximate surface area is 156 Å². The Balaban J connectivity index is 1.84. The van der Waals surface area contributed by atoms with Gasteiger partial charge in [-0.2, -0.15) is 5.10 Å². The Morgan fingerprint density at radius 2 is 1.81 bits per heavy atom. The van der Waals surface area contributed by atoms with Crippen LogP contribution in [0.2, 0.25) is 0 Å². The van der Waals surface area contributed by atoms with Crippen molar-refractivity contribution in [3.63, 3.8) is 0 Å². The van der Waals surface area contributed by atoms with Crippen LogP contribution < -0.4 is 5.43 Å². The molecule has 27 heavy (non-hydrogen) atoms. The van der Waals surface area contributed by atoms with Gasteiger partial charge in [0.25, 0.3) is 5.69 Å². The molecule has 1 aromatic heterocycles. The number of amidine groups is 1. The van der Waals surface area contributed by atoms with Crippen molar-refractivity contribution in [1.82, 2.24) is 10.4 Å². The molecule has 0 saturated heterocycles. The second-order valence-electron chi connectivity index (χ2n) is 5.68. The number of para-hydroxylation sites is 1. The summed E-state index contributed by atoms with van der Waals surface area (Å²) in [5.41, 5.74) is 6.19. The van der Waals surface area contributed by atoms with E-state index < -0.39 is 4.92 Å². The molecule has 0 spiro atoms. The maximum absolute atomic E-state index is 10.7. The fourth-order valence-electron chi connectivity index (χ4n) is 2.30. The number of nitrogens with one attached hydrogen (secondary N) is 1. The van der Waals surface area contributed by atoms with E-state index in [0.717, 1.165) is 16.8 Å². The molecule has 0 atom stereocenters. The van der Waals surface area contributed by atoms with Gasteiger partial charge in [-0.25, -0.2) is 4.99 Å². The molecule has 1 N–H and O–H groups in total. The minimum atomic E-state index is -0.437. The lowest BCUT2D eigenvalue weighted by Crippen LogP contribution is -2.20. The summed E-state index contributed by atoms with van der Waals surface area (Å²) in [6.07, 6.45) is 3.25. The van der Waals surface area contributed by atoms with Crippen molar-refractivity contribution >= 4 is 23.4 Å². The minimum absolute atomic E-state index is 0.0374. The first-order valence-electron chi connectivity index (χ1n) is 8.23. The zero-order valence-corrected chi connectivity index (χ0v) is 14.6. The molecule has 7 heteroatoms. The molecular formula is C20H17N5O2. The van der Waals surface area contributed by atoms with Crippen LogP contribution in [-0.4, -0.2) is 22.0 Å². The number of nitro benzene ring substituents is 1. The second-order valence-corrected chi connectivity index (χ2v) is 5.68. The Morgan fingerprint density at radius 3 is 2.48 bits per heavy atom. The summed E-state index contributed by atoms with van der Waals surface area (Å²) < 4.78 is 0. The van der Waals surface area contributed by atoms with E-state index in [1.165, 1.54) is 12.1 Å². The van der Waals surface area contributed by atoms with Crippen LogP contribution in [0.25, 0.3) is 0 Å². The monoisotopic (exact) mass is 359 g/mol. The van der Waals surface area contributed by atoms with Crippen LogP contribution in [0.3, 0.4) is 0 Å². The number of aryl methyl sites for hydroxylation is 1. The van der Waals surface area contributed by atoms with Gasteiger partial charge in [0.1, 0.15) is 5.69 Å². The third-order valence-electron chi connectivity index (χ3n) is 3.74. The van der Waals surface area contributed by atoms with Crippen molar-refractivity contribution in [2.75, 3.05) is 0 Å². The molecule has 1 heterocycles. The van der Waals surface area contributed by atoms with Crippen LogP contribution in [0.4, 0.5) is 11.4 Å². The largest absolute Gasteiger partial charge is 0.269 e. The summed E-state index contributed by atoms with van der Waals surface area (Å²) in [5.74, 6) is 0.503. The molecule has 7 nitrogen and oxygen atoms in total. The summed E-state index contributed by atoms with van der Waals surface area (Å²) in [5, 5.41) is 14.9. The highest BCUT2D eigenvalue weighted by atomic mass is 16.6. The number of aromatic nitrogens is 1. The van der Waals surface area contributed by atoms with Crippen molar-refractivity contribution < 1.29 is 4.92 Å². The Kier molecular flexibility index (Phi) is 5.64. The van der Waals surface area contributed by atoms with Crippen molar-refractivity contribution in [2.45, 2.75) is 6.92 Å². The number of nitro groups is 1. The molecule has 0 aliphatic heterocycles. The fraction of sp³-hybridized carbons (Fsp3) is 0.0500. The molecule has 3 aromatic rings. The van der Waals surface area contributed by atoms with Crippen LogP contribution in [0.1, 0.15) is 16.8 Å². The zero-order valence-electron chi connectivity index (χ0n) is 14.6. The minimum Gasteiger partial charge on any atom is -0.260 e. The standard InChI is InChI=1S/C20H17N5O2/c1-15-6-2-3-7-18(15)23-20(19-8-4-5-13-21-19)24-22-14-16-9-11-17(12-10-16)25(26)27/h2-14H,1H3,(H,23,24)/b22-14-. The van der Waals surface area contributed by atoms with Gasteiger partial charge in [0.05, 0.1) is 16.8 Å². The van der Waals surface area contributed by atoms with Crippen LogP contribution in [0.5, 0.6) is 0 Å². The highest BCUT2D eigenvalue weighted by molar-refractivity contribution is 5.99. The Bertz CT molecular complexity index is 983. The summed E-state index contributed by atoms with van der Waals surface area (Å²) in [6.45, 7) is 1.98. The molecule has 0 radical (unpaired) electrons. The lowest BCUT2D eigenvalue weighted by atomic mass is 10.2. The van der Waals surface area contributed by atoms with Gasteiger partial charge in [0, 0.05) is 18.3 Å². The SMILES string of the molecule is Cc1ccccc1N=C(N/N=C\c1ccc([N+](=O)[O-])cc1)c1ccccn1. The number of hydrogen-bond acceptors (Lipinski definition) is 5. The van der Waals surface area contributed by atoms with E-state index in [-0.39, 0.29) is 5.69 Å². The van der Waals surface area contributed by atoms with Crippen molar-refractivity contribution in [3.8, 4) is 0 Å². The predicted molar refractivity (Wildman–Crippen MR) is 105 cm³/mol. The van der Waals surface area contributed by atoms with E-state index >= 15 is 0 Å². The van der Waals surface area contributed by atoms with Gasteiger partial charge in [-0.1, -0.05) is 24.3 Å². The van der Waals surface area contributed by atoms with Gasteiger partial charge in [-0.15, -0.1) is 0 Å². The highest BCUT2D eigenvalue weighted by Crippen LogP contribution is 2.18. The third kappa shape index (κ3) is 4.82. The lowest BCUT2D eigenvalue weighted by molar-refractivity contribution is -0.384.